The first-order valence-electron chi connectivity index (χ1n) is 7.39. The number of rotatable bonds is 6. The zero-order chi connectivity index (χ0) is 16.8. The summed E-state index contributed by atoms with van der Waals surface area (Å²) < 4.78 is 10.2. The van der Waals surface area contributed by atoms with E-state index in [-0.39, 0.29) is 16.9 Å². The topological polar surface area (TPSA) is 76.0 Å². The van der Waals surface area contributed by atoms with Crippen molar-refractivity contribution in [1.82, 2.24) is 0 Å². The van der Waals surface area contributed by atoms with Crippen molar-refractivity contribution < 1.29 is 24.5 Å². The number of esters is 1. The number of ether oxygens (including phenoxy) is 2. The second-order valence-corrected chi connectivity index (χ2v) is 5.01. The smallest absolute Gasteiger partial charge is 0.338 e. The molecule has 0 aromatic heterocycles. The van der Waals surface area contributed by atoms with Gasteiger partial charge in [0.15, 0.2) is 0 Å². The predicted molar refractivity (Wildman–Crippen MR) is 86.6 cm³/mol. The molecule has 0 unspecified atom stereocenters. The van der Waals surface area contributed by atoms with Crippen LogP contribution in [0.15, 0.2) is 36.4 Å². The van der Waals surface area contributed by atoms with E-state index in [9.17, 15) is 15.0 Å². The molecule has 0 spiro atoms. The summed E-state index contributed by atoms with van der Waals surface area (Å²) >= 11 is 0. The Bertz CT molecular complexity index is 677. The van der Waals surface area contributed by atoms with Crippen molar-refractivity contribution >= 4 is 5.97 Å². The maximum atomic E-state index is 11.7. The van der Waals surface area contributed by atoms with Gasteiger partial charge in [0, 0.05) is 11.1 Å². The largest absolute Gasteiger partial charge is 0.507 e. The van der Waals surface area contributed by atoms with E-state index in [0.717, 1.165) is 17.7 Å². The van der Waals surface area contributed by atoms with Crippen LogP contribution >= 0.6 is 0 Å². The van der Waals surface area contributed by atoms with Crippen LogP contribution in [-0.2, 0) is 11.3 Å². The lowest BCUT2D eigenvalue weighted by atomic mass is 9.97. The monoisotopic (exact) mass is 316 g/mol. The Morgan fingerprint density at radius 2 is 1.83 bits per heavy atom. The molecule has 122 valence electrons. The first-order valence-corrected chi connectivity index (χ1v) is 7.39. The number of phenols is 1. The highest BCUT2D eigenvalue weighted by Crippen LogP contribution is 2.35. The number of carbonyl (C=O) groups excluding carboxylic acids is 1. The Labute approximate surface area is 135 Å². The molecule has 0 saturated carbocycles. The number of hydrogen-bond acceptors (Lipinski definition) is 5. The summed E-state index contributed by atoms with van der Waals surface area (Å²) in [4.78, 5) is 11.7. The molecule has 0 aliphatic heterocycles. The maximum absolute atomic E-state index is 11.7. The minimum Gasteiger partial charge on any atom is -0.507 e. The number of aliphatic hydroxyl groups is 1. The summed E-state index contributed by atoms with van der Waals surface area (Å²) in [6, 6.07) is 10.4. The van der Waals surface area contributed by atoms with Crippen LogP contribution < -0.4 is 4.74 Å². The minimum atomic E-state index is -0.598. The lowest BCUT2D eigenvalue weighted by Crippen LogP contribution is -2.06. The molecule has 2 rings (SSSR count). The van der Waals surface area contributed by atoms with E-state index < -0.39 is 12.6 Å². The van der Waals surface area contributed by atoms with Crippen LogP contribution in [-0.4, -0.2) is 29.9 Å². The van der Waals surface area contributed by atoms with Gasteiger partial charge in [0.25, 0.3) is 0 Å². The first-order chi connectivity index (χ1) is 11.1. The van der Waals surface area contributed by atoms with Gasteiger partial charge in [0.2, 0.25) is 0 Å². The molecule has 0 aliphatic carbocycles. The predicted octanol–water partition coefficient (Wildman–Crippen LogP) is 3.13. The summed E-state index contributed by atoms with van der Waals surface area (Å²) in [7, 11) is 1.25. The molecule has 5 nitrogen and oxygen atoms in total. The molecule has 0 radical (unpaired) electrons. The number of carbonyl (C=O) groups is 1. The van der Waals surface area contributed by atoms with E-state index in [1.807, 2.05) is 31.2 Å². The Hall–Kier alpha value is -2.53. The van der Waals surface area contributed by atoms with Crippen LogP contribution in [0.4, 0.5) is 0 Å². The average molecular weight is 316 g/mol. The Morgan fingerprint density at radius 1 is 1.13 bits per heavy atom. The van der Waals surface area contributed by atoms with Gasteiger partial charge < -0.3 is 19.7 Å². The molecule has 0 aliphatic rings. The van der Waals surface area contributed by atoms with E-state index in [1.165, 1.54) is 13.2 Å². The standard InChI is InChI=1S/C18H20O5/c1-3-10-23-13-6-4-12(5-7-13)14-8-9-15(18(21)22-2)16(11-19)17(14)20/h4-9,19-20H,3,10-11H2,1-2H3. The first kappa shape index (κ1) is 16.8. The average Bonchev–Trinajstić information content (AvgIpc) is 2.59. The molecule has 0 heterocycles. The van der Waals surface area contributed by atoms with Crippen molar-refractivity contribution in [3.63, 3.8) is 0 Å². The number of benzene rings is 2. The molecular formula is C18H20O5. The third-order valence-corrected chi connectivity index (χ3v) is 3.48. The van der Waals surface area contributed by atoms with Gasteiger partial charge in [-0.15, -0.1) is 0 Å². The highest BCUT2D eigenvalue weighted by Gasteiger charge is 2.18. The van der Waals surface area contributed by atoms with E-state index in [4.69, 9.17) is 4.74 Å². The van der Waals surface area contributed by atoms with E-state index in [2.05, 4.69) is 4.74 Å². The van der Waals surface area contributed by atoms with Gasteiger partial charge in [-0.1, -0.05) is 19.1 Å². The SMILES string of the molecule is CCCOc1ccc(-c2ccc(C(=O)OC)c(CO)c2O)cc1. The second-order valence-electron chi connectivity index (χ2n) is 5.01. The summed E-state index contributed by atoms with van der Waals surface area (Å²) in [5, 5.41) is 19.8. The molecule has 0 saturated heterocycles. The summed E-state index contributed by atoms with van der Waals surface area (Å²) in [5.74, 6) is 0.0282. The van der Waals surface area contributed by atoms with Crippen molar-refractivity contribution in [2.75, 3.05) is 13.7 Å². The molecule has 2 aromatic carbocycles. The molecule has 5 heteroatoms. The summed E-state index contributed by atoms with van der Waals surface area (Å²) in [6.45, 7) is 2.22. The third kappa shape index (κ3) is 3.63. The number of hydrogen-bond donors (Lipinski definition) is 2. The van der Waals surface area contributed by atoms with Crippen LogP contribution in [0.5, 0.6) is 11.5 Å². The fraction of sp³-hybridized carbons (Fsp3) is 0.278. The molecule has 0 amide bonds. The van der Waals surface area contributed by atoms with Gasteiger partial charge in [0.1, 0.15) is 11.5 Å². The van der Waals surface area contributed by atoms with E-state index >= 15 is 0 Å². The second kappa shape index (κ2) is 7.65. The van der Waals surface area contributed by atoms with Gasteiger partial charge in [0.05, 0.1) is 25.9 Å². The van der Waals surface area contributed by atoms with Gasteiger partial charge in [-0.25, -0.2) is 4.79 Å². The van der Waals surface area contributed by atoms with Crippen LogP contribution in [0, 0.1) is 0 Å². The van der Waals surface area contributed by atoms with Gasteiger partial charge >= 0.3 is 5.97 Å². The molecule has 0 fully saturated rings. The van der Waals surface area contributed by atoms with Gasteiger partial charge in [-0.3, -0.25) is 0 Å². The molecule has 23 heavy (non-hydrogen) atoms. The van der Waals surface area contributed by atoms with Gasteiger partial charge in [-0.05, 0) is 36.2 Å². The lowest BCUT2D eigenvalue weighted by molar-refractivity contribution is 0.0596. The zero-order valence-electron chi connectivity index (χ0n) is 13.2. The molecular weight excluding hydrogens is 296 g/mol. The van der Waals surface area contributed by atoms with Crippen molar-refractivity contribution in [3.8, 4) is 22.6 Å². The lowest BCUT2D eigenvalue weighted by Gasteiger charge is -2.13. The third-order valence-electron chi connectivity index (χ3n) is 3.48. The Kier molecular flexibility index (Phi) is 5.60. The van der Waals surface area contributed by atoms with Crippen molar-refractivity contribution in [2.45, 2.75) is 20.0 Å². The van der Waals surface area contributed by atoms with E-state index in [1.54, 1.807) is 6.07 Å². The summed E-state index contributed by atoms with van der Waals surface area (Å²) in [6.07, 6.45) is 0.928. The van der Waals surface area contributed by atoms with Gasteiger partial charge in [-0.2, -0.15) is 0 Å². The number of aliphatic hydroxyl groups excluding tert-OH is 1. The fourth-order valence-electron chi connectivity index (χ4n) is 2.28. The Balaban J connectivity index is 2.38. The number of methoxy groups -OCH3 is 1. The highest BCUT2D eigenvalue weighted by atomic mass is 16.5. The molecule has 0 atom stereocenters. The van der Waals surface area contributed by atoms with Crippen LogP contribution in [0.3, 0.4) is 0 Å². The Morgan fingerprint density at radius 3 is 2.39 bits per heavy atom. The van der Waals surface area contributed by atoms with E-state index in [0.29, 0.717) is 12.2 Å². The van der Waals surface area contributed by atoms with Crippen LogP contribution in [0.2, 0.25) is 0 Å². The quantitative estimate of drug-likeness (QED) is 0.801. The molecule has 2 N–H and O–H groups in total. The fourth-order valence-corrected chi connectivity index (χ4v) is 2.28. The normalized spacial score (nSPS) is 10.4. The van der Waals surface area contributed by atoms with Crippen LogP contribution in [0.1, 0.15) is 29.3 Å². The zero-order valence-corrected chi connectivity index (χ0v) is 13.2. The van der Waals surface area contributed by atoms with Crippen molar-refractivity contribution in [3.05, 3.63) is 47.5 Å². The van der Waals surface area contributed by atoms with Crippen LogP contribution in [0.25, 0.3) is 11.1 Å². The minimum absolute atomic E-state index is 0.127. The maximum Gasteiger partial charge on any atom is 0.338 e. The highest BCUT2D eigenvalue weighted by molar-refractivity contribution is 5.93. The number of aromatic hydroxyl groups is 1. The van der Waals surface area contributed by atoms with Crippen molar-refractivity contribution in [2.24, 2.45) is 0 Å². The molecule has 2 aromatic rings. The summed E-state index contributed by atoms with van der Waals surface area (Å²) in [5.41, 5.74) is 1.60. The van der Waals surface area contributed by atoms with Crippen molar-refractivity contribution in [1.29, 1.82) is 0 Å². The molecule has 0 bridgehead atoms.